The summed E-state index contributed by atoms with van der Waals surface area (Å²) in [5.74, 6) is 0.400. The molecule has 2 heterocycles. The second-order valence-electron chi connectivity index (χ2n) is 5.61. The van der Waals surface area contributed by atoms with Gasteiger partial charge in [-0.1, -0.05) is 28.9 Å². The van der Waals surface area contributed by atoms with Crippen LogP contribution < -0.4 is 10.1 Å². The number of nitrogens with one attached hydrogen (secondary N) is 1. The molecule has 10 nitrogen and oxygen atoms in total. The number of hydrogen-bond donors (Lipinski definition) is 1. The highest BCUT2D eigenvalue weighted by atomic mass is 35.5. The Labute approximate surface area is 162 Å². The second kappa shape index (κ2) is 7.08. The molecule has 2 aromatic carbocycles. The molecule has 0 saturated carbocycles. The van der Waals surface area contributed by atoms with Crippen molar-refractivity contribution < 1.29 is 9.66 Å². The van der Waals surface area contributed by atoms with Crippen LogP contribution in [0.3, 0.4) is 0 Å². The van der Waals surface area contributed by atoms with Crippen LogP contribution in [0.25, 0.3) is 16.9 Å². The fraction of sp³-hybridized carbons (Fsp3) is 0.0588. The zero-order valence-electron chi connectivity index (χ0n) is 14.4. The minimum Gasteiger partial charge on any atom is -0.495 e. The van der Waals surface area contributed by atoms with Crippen LogP contribution in [-0.4, -0.2) is 37.0 Å². The van der Waals surface area contributed by atoms with Gasteiger partial charge < -0.3 is 10.1 Å². The van der Waals surface area contributed by atoms with Gasteiger partial charge in [-0.25, -0.2) is 9.97 Å². The maximum atomic E-state index is 11.9. The van der Waals surface area contributed by atoms with Gasteiger partial charge in [0, 0.05) is 5.02 Å². The molecule has 0 unspecified atom stereocenters. The SMILES string of the molecule is COc1ccc(Cl)cc1Nc1ncnc(-n2nnc3ccccc32)c1[N+](=O)[O-]. The van der Waals surface area contributed by atoms with Crippen molar-refractivity contribution >= 4 is 39.8 Å². The molecule has 0 radical (unpaired) electrons. The van der Waals surface area contributed by atoms with Gasteiger partial charge in [0.1, 0.15) is 17.6 Å². The zero-order valence-corrected chi connectivity index (χ0v) is 15.2. The first-order valence-corrected chi connectivity index (χ1v) is 8.37. The van der Waals surface area contributed by atoms with Gasteiger partial charge in [0.15, 0.2) is 0 Å². The van der Waals surface area contributed by atoms with Gasteiger partial charge in [-0.15, -0.1) is 5.10 Å². The molecular weight excluding hydrogens is 386 g/mol. The molecular formula is C17H12ClN7O3. The number of ether oxygens (including phenoxy) is 1. The summed E-state index contributed by atoms with van der Waals surface area (Å²) in [5.41, 5.74) is 1.23. The van der Waals surface area contributed by atoms with Gasteiger partial charge in [0.05, 0.1) is 23.2 Å². The number of nitro groups is 1. The molecule has 0 saturated heterocycles. The summed E-state index contributed by atoms with van der Waals surface area (Å²) in [4.78, 5) is 19.4. The van der Waals surface area contributed by atoms with E-state index in [-0.39, 0.29) is 17.3 Å². The number of halogens is 1. The van der Waals surface area contributed by atoms with Gasteiger partial charge in [0.2, 0.25) is 11.6 Å². The Bertz CT molecular complexity index is 1190. The van der Waals surface area contributed by atoms with E-state index in [9.17, 15) is 10.1 Å². The average molecular weight is 398 g/mol. The maximum Gasteiger partial charge on any atom is 0.356 e. The second-order valence-corrected chi connectivity index (χ2v) is 6.05. The van der Waals surface area contributed by atoms with E-state index in [1.807, 2.05) is 0 Å². The van der Waals surface area contributed by atoms with Crippen molar-refractivity contribution in [2.45, 2.75) is 0 Å². The lowest BCUT2D eigenvalue weighted by molar-refractivity contribution is -0.384. The van der Waals surface area contributed by atoms with Crippen LogP contribution in [0, 0.1) is 10.1 Å². The van der Waals surface area contributed by atoms with E-state index >= 15 is 0 Å². The van der Waals surface area contributed by atoms with Crippen LogP contribution in [0.4, 0.5) is 17.2 Å². The number of anilines is 2. The third-order valence-electron chi connectivity index (χ3n) is 3.95. The predicted molar refractivity (Wildman–Crippen MR) is 102 cm³/mol. The highest BCUT2D eigenvalue weighted by Crippen LogP contribution is 2.35. The quantitative estimate of drug-likeness (QED) is 0.401. The first kappa shape index (κ1) is 17.6. The van der Waals surface area contributed by atoms with Gasteiger partial charge in [0.25, 0.3) is 0 Å². The number of nitrogens with zero attached hydrogens (tertiary/aromatic N) is 6. The van der Waals surface area contributed by atoms with E-state index in [2.05, 4.69) is 25.6 Å². The number of rotatable bonds is 5. The molecule has 4 aromatic rings. The molecule has 0 bridgehead atoms. The van der Waals surface area contributed by atoms with Gasteiger partial charge in [-0.2, -0.15) is 4.68 Å². The lowest BCUT2D eigenvalue weighted by Crippen LogP contribution is -2.09. The molecule has 0 amide bonds. The molecule has 0 atom stereocenters. The molecule has 2 aromatic heterocycles. The summed E-state index contributed by atoms with van der Waals surface area (Å²) in [5, 5.41) is 23.2. The van der Waals surface area contributed by atoms with Gasteiger partial charge in [-0.3, -0.25) is 10.1 Å². The monoisotopic (exact) mass is 397 g/mol. The summed E-state index contributed by atoms with van der Waals surface area (Å²) in [6.45, 7) is 0. The molecule has 140 valence electrons. The minimum atomic E-state index is -0.578. The molecule has 0 aliphatic heterocycles. The number of aromatic nitrogens is 5. The van der Waals surface area contributed by atoms with E-state index in [0.717, 1.165) is 0 Å². The van der Waals surface area contributed by atoms with E-state index in [0.29, 0.717) is 27.5 Å². The Morgan fingerprint density at radius 3 is 2.82 bits per heavy atom. The van der Waals surface area contributed by atoms with Crippen molar-refractivity contribution in [1.29, 1.82) is 0 Å². The molecule has 0 spiro atoms. The van der Waals surface area contributed by atoms with Crippen molar-refractivity contribution in [2.24, 2.45) is 0 Å². The van der Waals surface area contributed by atoms with Crippen molar-refractivity contribution in [3.8, 4) is 11.6 Å². The van der Waals surface area contributed by atoms with Crippen molar-refractivity contribution in [3.05, 3.63) is 63.9 Å². The van der Waals surface area contributed by atoms with E-state index < -0.39 is 4.92 Å². The third kappa shape index (κ3) is 3.05. The number of benzene rings is 2. The van der Waals surface area contributed by atoms with Crippen LogP contribution in [0.2, 0.25) is 5.02 Å². The van der Waals surface area contributed by atoms with Gasteiger partial charge in [-0.05, 0) is 30.3 Å². The topological polar surface area (TPSA) is 121 Å². The van der Waals surface area contributed by atoms with E-state index in [1.54, 1.807) is 42.5 Å². The van der Waals surface area contributed by atoms with E-state index in [4.69, 9.17) is 16.3 Å². The number of para-hydroxylation sites is 1. The minimum absolute atomic E-state index is 0.0165. The summed E-state index contributed by atoms with van der Waals surface area (Å²) >= 11 is 6.04. The Balaban J connectivity index is 1.88. The smallest absolute Gasteiger partial charge is 0.356 e. The summed E-state index contributed by atoms with van der Waals surface area (Å²) in [6, 6.07) is 11.9. The molecule has 11 heteroatoms. The highest BCUT2D eigenvalue weighted by molar-refractivity contribution is 6.31. The van der Waals surface area contributed by atoms with Crippen LogP contribution in [0.5, 0.6) is 5.75 Å². The number of methoxy groups -OCH3 is 1. The summed E-state index contributed by atoms with van der Waals surface area (Å²) in [6.07, 6.45) is 1.21. The molecule has 0 fully saturated rings. The van der Waals surface area contributed by atoms with E-state index in [1.165, 1.54) is 18.1 Å². The molecule has 4 rings (SSSR count). The fourth-order valence-electron chi connectivity index (χ4n) is 2.71. The first-order valence-electron chi connectivity index (χ1n) is 7.99. The fourth-order valence-corrected chi connectivity index (χ4v) is 2.89. The van der Waals surface area contributed by atoms with Crippen LogP contribution in [0.1, 0.15) is 0 Å². The van der Waals surface area contributed by atoms with Crippen LogP contribution in [-0.2, 0) is 0 Å². The normalized spacial score (nSPS) is 10.8. The predicted octanol–water partition coefficient (Wildman–Crippen LogP) is 3.52. The summed E-state index contributed by atoms with van der Waals surface area (Å²) in [7, 11) is 1.48. The largest absolute Gasteiger partial charge is 0.495 e. The highest BCUT2D eigenvalue weighted by Gasteiger charge is 2.27. The molecule has 0 aliphatic carbocycles. The Hall–Kier alpha value is -3.79. The van der Waals surface area contributed by atoms with Crippen molar-refractivity contribution in [1.82, 2.24) is 25.0 Å². The van der Waals surface area contributed by atoms with Crippen molar-refractivity contribution in [2.75, 3.05) is 12.4 Å². The van der Waals surface area contributed by atoms with Crippen LogP contribution >= 0.6 is 11.6 Å². The summed E-state index contributed by atoms with van der Waals surface area (Å²) < 4.78 is 6.57. The molecule has 0 aliphatic rings. The maximum absolute atomic E-state index is 11.9. The molecule has 28 heavy (non-hydrogen) atoms. The average Bonchev–Trinajstić information content (AvgIpc) is 3.12. The number of hydrogen-bond acceptors (Lipinski definition) is 8. The Morgan fingerprint density at radius 1 is 1.21 bits per heavy atom. The zero-order chi connectivity index (χ0) is 19.7. The first-order chi connectivity index (χ1) is 13.6. The van der Waals surface area contributed by atoms with Crippen LogP contribution in [0.15, 0.2) is 48.8 Å². The van der Waals surface area contributed by atoms with Gasteiger partial charge >= 0.3 is 5.69 Å². The standard InChI is InChI=1S/C17H12ClN7O3/c1-28-14-7-6-10(18)8-12(14)21-16-15(25(26)27)17(20-9-19-16)24-13-5-3-2-4-11(13)22-23-24/h2-9H,1H3,(H,19,20,21). The molecule has 1 N–H and O–H groups in total. The Kier molecular flexibility index (Phi) is 4.45. The third-order valence-corrected chi connectivity index (χ3v) is 4.19. The van der Waals surface area contributed by atoms with Crippen molar-refractivity contribution in [3.63, 3.8) is 0 Å². The lowest BCUT2D eigenvalue weighted by Gasteiger charge is -2.12. The lowest BCUT2D eigenvalue weighted by atomic mass is 10.2. The Morgan fingerprint density at radius 2 is 2.04 bits per heavy atom. The number of fused-ring (bicyclic) bond motifs is 1.